The van der Waals surface area contributed by atoms with Gasteiger partial charge in [0.2, 0.25) is 5.43 Å². The number of methoxy groups -OCH3 is 1. The van der Waals surface area contributed by atoms with Gasteiger partial charge >= 0.3 is 0 Å². The monoisotopic (exact) mass is 527 g/mol. The molecule has 3 heterocycles. The van der Waals surface area contributed by atoms with Gasteiger partial charge in [-0.1, -0.05) is 0 Å². The van der Waals surface area contributed by atoms with E-state index in [0.29, 0.717) is 24.3 Å². The summed E-state index contributed by atoms with van der Waals surface area (Å²) in [5.74, 6) is -4.91. The van der Waals surface area contributed by atoms with Crippen LogP contribution < -0.4 is 10.7 Å². The molecule has 1 aromatic heterocycles. The maximum Gasteiger partial charge on any atom is 0.274 e. The minimum absolute atomic E-state index is 0.0763. The highest BCUT2D eigenvalue weighted by atomic mass is 32.2. The average Bonchev–Trinajstić information content (AvgIpc) is 2.82. The molecule has 0 spiro atoms. The number of thioether (sulfide) groups is 1. The van der Waals surface area contributed by atoms with Crippen molar-refractivity contribution in [3.8, 4) is 5.75 Å². The zero-order valence-electron chi connectivity index (χ0n) is 19.4. The van der Waals surface area contributed by atoms with E-state index in [1.165, 1.54) is 16.6 Å². The normalized spacial score (nSPS) is 22.2. The Kier molecular flexibility index (Phi) is 7.62. The Labute approximate surface area is 208 Å². The summed E-state index contributed by atoms with van der Waals surface area (Å²) >= 11 is 1.59. The molecule has 2 amide bonds. The van der Waals surface area contributed by atoms with Gasteiger partial charge in [-0.3, -0.25) is 14.4 Å². The molecule has 2 aliphatic rings. The molecule has 2 aromatic rings. The number of rotatable bonds is 4. The van der Waals surface area contributed by atoms with Crippen molar-refractivity contribution in [2.24, 2.45) is 0 Å². The van der Waals surface area contributed by atoms with E-state index in [9.17, 15) is 32.7 Å². The Morgan fingerprint density at radius 1 is 1.28 bits per heavy atom. The number of ether oxygens (including phenoxy) is 2. The van der Waals surface area contributed by atoms with Gasteiger partial charge in [-0.05, 0) is 19.1 Å². The van der Waals surface area contributed by atoms with Crippen molar-refractivity contribution in [3.05, 3.63) is 62.8 Å². The number of aromatic hydroxyl groups is 1. The van der Waals surface area contributed by atoms with Gasteiger partial charge in [0, 0.05) is 49.3 Å². The molecule has 0 aliphatic carbocycles. The summed E-state index contributed by atoms with van der Waals surface area (Å²) in [4.78, 5) is 40.4. The lowest BCUT2D eigenvalue weighted by atomic mass is 10.1. The van der Waals surface area contributed by atoms with Crippen LogP contribution in [-0.2, 0) is 16.0 Å². The standard InChI is InChI=1S/C23H24F3N3O6S/c1-11-3-4-36-10-18(34-2)35-17-9-28(11)23(33)19-21(31)20(30)14(8-29(17)19)22(32)27-7-13-15(25)5-12(24)6-16(13)26/h5-6,8,11,17-18,31H,3-4,7,9-10H2,1-2H3,(H,27,32)/t11-,17-,18-/m0/s1. The third-order valence-electron chi connectivity index (χ3n) is 6.15. The SMILES string of the molecule is CO[C@@H]1CSCC[C@H](C)N2C[C@H](O1)n1cc(C(=O)NCc3c(F)cc(F)cc3F)c(=O)c(O)c1C2=O. The summed E-state index contributed by atoms with van der Waals surface area (Å²) in [5.41, 5.74) is -2.65. The molecule has 13 heteroatoms. The minimum Gasteiger partial charge on any atom is -0.503 e. The number of halogens is 3. The fraction of sp³-hybridized carbons (Fsp3) is 0.435. The molecule has 1 saturated heterocycles. The maximum absolute atomic E-state index is 13.9. The number of hydrogen-bond donors (Lipinski definition) is 2. The van der Waals surface area contributed by atoms with Crippen molar-refractivity contribution in [1.82, 2.24) is 14.8 Å². The second-order valence-electron chi connectivity index (χ2n) is 8.43. The van der Waals surface area contributed by atoms with Crippen molar-refractivity contribution in [2.75, 3.05) is 25.2 Å². The van der Waals surface area contributed by atoms with E-state index < -0.39 is 70.6 Å². The van der Waals surface area contributed by atoms with Gasteiger partial charge in [-0.25, -0.2) is 13.2 Å². The molecule has 1 fully saturated rings. The summed E-state index contributed by atoms with van der Waals surface area (Å²) < 4.78 is 53.6. The lowest BCUT2D eigenvalue weighted by molar-refractivity contribution is -0.173. The first kappa shape index (κ1) is 26.0. The molecular weight excluding hydrogens is 503 g/mol. The first-order valence-corrected chi connectivity index (χ1v) is 12.2. The highest BCUT2D eigenvalue weighted by Gasteiger charge is 2.39. The molecule has 36 heavy (non-hydrogen) atoms. The van der Waals surface area contributed by atoms with Crippen LogP contribution in [0.4, 0.5) is 13.2 Å². The number of fused-ring (bicyclic) bond motifs is 4. The fourth-order valence-corrected chi connectivity index (χ4v) is 5.20. The molecule has 0 unspecified atom stereocenters. The van der Waals surface area contributed by atoms with Crippen molar-refractivity contribution >= 4 is 23.6 Å². The Morgan fingerprint density at radius 2 is 1.97 bits per heavy atom. The van der Waals surface area contributed by atoms with E-state index in [2.05, 4.69) is 5.32 Å². The Hall–Kier alpha value is -3.03. The third-order valence-corrected chi connectivity index (χ3v) is 7.18. The first-order chi connectivity index (χ1) is 17.1. The predicted molar refractivity (Wildman–Crippen MR) is 123 cm³/mol. The number of nitrogens with one attached hydrogen (secondary N) is 1. The molecule has 1 aromatic carbocycles. The van der Waals surface area contributed by atoms with E-state index >= 15 is 0 Å². The third kappa shape index (κ3) is 4.95. The van der Waals surface area contributed by atoms with Gasteiger partial charge in [0.1, 0.15) is 23.0 Å². The predicted octanol–water partition coefficient (Wildman–Crippen LogP) is 2.37. The van der Waals surface area contributed by atoms with E-state index in [0.717, 1.165) is 11.9 Å². The van der Waals surface area contributed by atoms with Crippen molar-refractivity contribution < 1.29 is 37.3 Å². The molecule has 3 atom stereocenters. The van der Waals surface area contributed by atoms with Crippen molar-refractivity contribution in [1.29, 1.82) is 0 Å². The highest BCUT2D eigenvalue weighted by Crippen LogP contribution is 2.31. The summed E-state index contributed by atoms with van der Waals surface area (Å²) in [7, 11) is 1.46. The topological polar surface area (TPSA) is 110 Å². The number of amides is 2. The number of hydrogen-bond acceptors (Lipinski definition) is 7. The van der Waals surface area contributed by atoms with Gasteiger partial charge in [0.25, 0.3) is 11.8 Å². The lowest BCUT2D eigenvalue weighted by Gasteiger charge is -2.41. The fourth-order valence-electron chi connectivity index (χ4n) is 4.12. The van der Waals surface area contributed by atoms with Crippen LogP contribution in [0, 0.1) is 17.5 Å². The summed E-state index contributed by atoms with van der Waals surface area (Å²) in [6.07, 6.45) is 0.176. The van der Waals surface area contributed by atoms with Crippen LogP contribution in [-0.4, -0.2) is 63.9 Å². The molecule has 4 rings (SSSR count). The van der Waals surface area contributed by atoms with Crippen LogP contribution in [0.15, 0.2) is 23.1 Å². The van der Waals surface area contributed by atoms with Gasteiger partial charge < -0.3 is 29.4 Å². The van der Waals surface area contributed by atoms with Crippen LogP contribution in [0.5, 0.6) is 5.75 Å². The zero-order chi connectivity index (χ0) is 26.1. The first-order valence-electron chi connectivity index (χ1n) is 11.1. The smallest absolute Gasteiger partial charge is 0.274 e. The van der Waals surface area contributed by atoms with Crippen LogP contribution in [0.1, 0.15) is 46.0 Å². The number of carbonyl (C=O) groups is 2. The van der Waals surface area contributed by atoms with Gasteiger partial charge in [0.15, 0.2) is 24.0 Å². The van der Waals surface area contributed by atoms with Crippen molar-refractivity contribution in [2.45, 2.75) is 38.4 Å². The van der Waals surface area contributed by atoms with Gasteiger partial charge in [0.05, 0.1) is 6.54 Å². The van der Waals surface area contributed by atoms with Crippen LogP contribution in [0.25, 0.3) is 0 Å². The maximum atomic E-state index is 13.9. The van der Waals surface area contributed by atoms with Crippen LogP contribution in [0.3, 0.4) is 0 Å². The van der Waals surface area contributed by atoms with E-state index in [1.807, 2.05) is 6.92 Å². The molecule has 9 nitrogen and oxygen atoms in total. The Morgan fingerprint density at radius 3 is 2.64 bits per heavy atom. The van der Waals surface area contributed by atoms with E-state index in [1.54, 1.807) is 11.8 Å². The molecule has 2 N–H and O–H groups in total. The average molecular weight is 528 g/mol. The largest absolute Gasteiger partial charge is 0.503 e. The molecule has 2 bridgehead atoms. The second kappa shape index (κ2) is 10.5. The number of pyridine rings is 1. The molecular formula is C23H24F3N3O6S. The number of aromatic nitrogens is 1. The molecule has 2 aliphatic heterocycles. The van der Waals surface area contributed by atoms with Crippen LogP contribution in [0.2, 0.25) is 0 Å². The zero-order valence-corrected chi connectivity index (χ0v) is 20.2. The summed E-state index contributed by atoms with van der Waals surface area (Å²) in [5, 5.41) is 12.9. The van der Waals surface area contributed by atoms with Gasteiger partial charge in [-0.2, -0.15) is 11.8 Å². The summed E-state index contributed by atoms with van der Waals surface area (Å²) in [6.45, 7) is 1.24. The number of benzene rings is 1. The van der Waals surface area contributed by atoms with Crippen molar-refractivity contribution in [3.63, 3.8) is 0 Å². The quantitative estimate of drug-likeness (QED) is 0.628. The Balaban J connectivity index is 1.70. The van der Waals surface area contributed by atoms with Gasteiger partial charge in [-0.15, -0.1) is 0 Å². The van der Waals surface area contributed by atoms with E-state index in [-0.39, 0.29) is 18.3 Å². The Bertz CT molecular complexity index is 1230. The molecule has 0 radical (unpaired) electrons. The van der Waals surface area contributed by atoms with Crippen LogP contribution >= 0.6 is 11.8 Å². The number of carbonyl (C=O) groups excluding carboxylic acids is 2. The lowest BCUT2D eigenvalue weighted by Crippen LogP contribution is -2.50. The molecule has 0 saturated carbocycles. The highest BCUT2D eigenvalue weighted by molar-refractivity contribution is 7.99. The molecule has 194 valence electrons. The summed E-state index contributed by atoms with van der Waals surface area (Å²) in [6, 6.07) is 0.718. The minimum atomic E-state index is -1.21. The second-order valence-corrected chi connectivity index (χ2v) is 9.58. The number of nitrogens with zero attached hydrogens (tertiary/aromatic N) is 2. The van der Waals surface area contributed by atoms with E-state index in [4.69, 9.17) is 9.47 Å².